The second kappa shape index (κ2) is 8.28. The lowest BCUT2D eigenvalue weighted by Gasteiger charge is -2.28. The van der Waals surface area contributed by atoms with E-state index in [0.29, 0.717) is 19.4 Å². The number of amides is 2. The third-order valence-electron chi connectivity index (χ3n) is 3.91. The molecule has 2 amide bonds. The van der Waals surface area contributed by atoms with E-state index in [-0.39, 0.29) is 29.4 Å². The zero-order valence-electron chi connectivity index (χ0n) is 13.5. The van der Waals surface area contributed by atoms with Crippen molar-refractivity contribution in [2.45, 2.75) is 44.8 Å². The van der Waals surface area contributed by atoms with Gasteiger partial charge in [-0.15, -0.1) is 0 Å². The van der Waals surface area contributed by atoms with Crippen LogP contribution in [0.4, 0.5) is 10.5 Å². The van der Waals surface area contributed by atoms with Crippen LogP contribution in [0.5, 0.6) is 0 Å². The third kappa shape index (κ3) is 4.94. The standard InChI is InChI=1S/C16H21N3O5/c1-2-17-16(21)18-12-6-8-14(9-7-12)24-15(20)11-4-3-5-13(10-11)19(22)23/h3-5,10,12,14H,2,6-9H2,1H3,(H2,17,18,21). The van der Waals surface area contributed by atoms with Crippen LogP contribution in [0.25, 0.3) is 0 Å². The number of urea groups is 1. The summed E-state index contributed by atoms with van der Waals surface area (Å²) in [5, 5.41) is 16.3. The first kappa shape index (κ1) is 17.7. The minimum Gasteiger partial charge on any atom is -0.459 e. The number of nitrogens with one attached hydrogen (secondary N) is 2. The summed E-state index contributed by atoms with van der Waals surface area (Å²) in [5.41, 5.74) is 0.0334. The molecule has 0 bridgehead atoms. The molecule has 0 aromatic heterocycles. The van der Waals surface area contributed by atoms with Crippen LogP contribution in [0.15, 0.2) is 24.3 Å². The van der Waals surface area contributed by atoms with Gasteiger partial charge in [-0.25, -0.2) is 9.59 Å². The normalized spacial score (nSPS) is 20.0. The molecule has 0 spiro atoms. The number of rotatable bonds is 5. The zero-order chi connectivity index (χ0) is 17.5. The molecule has 130 valence electrons. The molecule has 0 aliphatic heterocycles. The molecule has 1 aliphatic rings. The molecule has 0 heterocycles. The highest BCUT2D eigenvalue weighted by Gasteiger charge is 2.25. The van der Waals surface area contributed by atoms with Crippen LogP contribution in [-0.4, -0.2) is 35.6 Å². The molecule has 24 heavy (non-hydrogen) atoms. The van der Waals surface area contributed by atoms with Gasteiger partial charge in [0.1, 0.15) is 6.10 Å². The maximum absolute atomic E-state index is 12.1. The summed E-state index contributed by atoms with van der Waals surface area (Å²) in [7, 11) is 0. The lowest BCUT2D eigenvalue weighted by molar-refractivity contribution is -0.384. The van der Waals surface area contributed by atoms with E-state index in [2.05, 4.69) is 10.6 Å². The van der Waals surface area contributed by atoms with Gasteiger partial charge < -0.3 is 15.4 Å². The number of non-ortho nitro benzene ring substituents is 1. The van der Waals surface area contributed by atoms with Crippen molar-refractivity contribution in [2.75, 3.05) is 6.54 Å². The van der Waals surface area contributed by atoms with E-state index in [0.717, 1.165) is 12.8 Å². The fourth-order valence-corrected chi connectivity index (χ4v) is 2.69. The minimum absolute atomic E-state index is 0.0734. The monoisotopic (exact) mass is 335 g/mol. The van der Waals surface area contributed by atoms with Crippen molar-refractivity contribution >= 4 is 17.7 Å². The summed E-state index contributed by atoms with van der Waals surface area (Å²) in [5.74, 6) is -0.557. The van der Waals surface area contributed by atoms with Gasteiger partial charge in [0.05, 0.1) is 10.5 Å². The Bertz CT molecular complexity index is 611. The van der Waals surface area contributed by atoms with E-state index in [9.17, 15) is 19.7 Å². The van der Waals surface area contributed by atoms with Crippen molar-refractivity contribution in [1.82, 2.24) is 10.6 Å². The van der Waals surface area contributed by atoms with E-state index in [4.69, 9.17) is 4.74 Å². The van der Waals surface area contributed by atoms with Gasteiger partial charge in [-0.2, -0.15) is 0 Å². The first-order valence-corrected chi connectivity index (χ1v) is 7.99. The van der Waals surface area contributed by atoms with Gasteiger partial charge in [0.15, 0.2) is 0 Å². The molecule has 8 nitrogen and oxygen atoms in total. The molecule has 0 saturated heterocycles. The molecule has 8 heteroatoms. The van der Waals surface area contributed by atoms with Crippen molar-refractivity contribution in [2.24, 2.45) is 0 Å². The Morgan fingerprint density at radius 2 is 2.00 bits per heavy atom. The van der Waals surface area contributed by atoms with Gasteiger partial charge in [-0.3, -0.25) is 10.1 Å². The topological polar surface area (TPSA) is 111 Å². The van der Waals surface area contributed by atoms with Gasteiger partial charge in [0.25, 0.3) is 5.69 Å². The number of ether oxygens (including phenoxy) is 1. The van der Waals surface area contributed by atoms with Crippen molar-refractivity contribution in [3.63, 3.8) is 0 Å². The molecular weight excluding hydrogens is 314 g/mol. The first-order valence-electron chi connectivity index (χ1n) is 7.99. The molecule has 1 saturated carbocycles. The van der Waals surface area contributed by atoms with E-state index < -0.39 is 10.9 Å². The van der Waals surface area contributed by atoms with Crippen LogP contribution >= 0.6 is 0 Å². The largest absolute Gasteiger partial charge is 0.459 e. The second-order valence-corrected chi connectivity index (χ2v) is 5.69. The van der Waals surface area contributed by atoms with E-state index in [1.165, 1.54) is 24.3 Å². The highest BCUT2D eigenvalue weighted by molar-refractivity contribution is 5.90. The highest BCUT2D eigenvalue weighted by Crippen LogP contribution is 2.23. The lowest BCUT2D eigenvalue weighted by Crippen LogP contribution is -2.44. The number of carbonyl (C=O) groups is 2. The van der Waals surface area contributed by atoms with Gasteiger partial charge in [-0.1, -0.05) is 6.07 Å². The molecule has 1 aliphatic carbocycles. The molecule has 0 atom stereocenters. The fraction of sp³-hybridized carbons (Fsp3) is 0.500. The highest BCUT2D eigenvalue weighted by atomic mass is 16.6. The SMILES string of the molecule is CCNC(=O)NC1CCC(OC(=O)c2cccc([N+](=O)[O-])c2)CC1. The van der Waals surface area contributed by atoms with E-state index in [1.54, 1.807) is 0 Å². The Kier molecular flexibility index (Phi) is 6.11. The number of carbonyl (C=O) groups excluding carboxylic acids is 2. The molecule has 2 N–H and O–H groups in total. The number of nitro groups is 1. The number of benzene rings is 1. The average Bonchev–Trinajstić information content (AvgIpc) is 2.57. The minimum atomic E-state index is -0.557. The predicted octanol–water partition coefficient (Wildman–Crippen LogP) is 2.38. The predicted molar refractivity (Wildman–Crippen MR) is 86.8 cm³/mol. The molecule has 0 unspecified atom stereocenters. The van der Waals surface area contributed by atoms with Gasteiger partial charge in [-0.05, 0) is 38.7 Å². The second-order valence-electron chi connectivity index (χ2n) is 5.69. The van der Waals surface area contributed by atoms with E-state index >= 15 is 0 Å². The fourth-order valence-electron chi connectivity index (χ4n) is 2.69. The van der Waals surface area contributed by atoms with Crippen molar-refractivity contribution in [3.05, 3.63) is 39.9 Å². The molecular formula is C16H21N3O5. The summed E-state index contributed by atoms with van der Waals surface area (Å²) in [6, 6.07) is 5.39. The maximum atomic E-state index is 12.1. The van der Waals surface area contributed by atoms with Gasteiger partial charge in [0.2, 0.25) is 0 Å². The molecule has 0 radical (unpaired) electrons. The lowest BCUT2D eigenvalue weighted by atomic mass is 9.93. The Hall–Kier alpha value is -2.64. The summed E-state index contributed by atoms with van der Waals surface area (Å²) >= 11 is 0. The summed E-state index contributed by atoms with van der Waals surface area (Å²) < 4.78 is 5.42. The van der Waals surface area contributed by atoms with E-state index in [1.807, 2.05) is 6.92 Å². The first-order chi connectivity index (χ1) is 11.5. The van der Waals surface area contributed by atoms with Gasteiger partial charge >= 0.3 is 12.0 Å². The Labute approximate surface area is 139 Å². The van der Waals surface area contributed by atoms with Crippen LogP contribution < -0.4 is 10.6 Å². The third-order valence-corrected chi connectivity index (χ3v) is 3.91. The molecule has 1 aromatic rings. The number of hydrogen-bond donors (Lipinski definition) is 2. The smallest absolute Gasteiger partial charge is 0.338 e. The molecule has 1 fully saturated rings. The summed E-state index contributed by atoms with van der Waals surface area (Å²) in [6.07, 6.45) is 2.52. The van der Waals surface area contributed by atoms with Crippen LogP contribution in [0, 0.1) is 10.1 Å². The maximum Gasteiger partial charge on any atom is 0.338 e. The average molecular weight is 335 g/mol. The number of esters is 1. The molecule has 1 aromatic carbocycles. The Balaban J connectivity index is 1.83. The van der Waals surface area contributed by atoms with Crippen LogP contribution in [0.3, 0.4) is 0 Å². The van der Waals surface area contributed by atoms with Crippen LogP contribution in [-0.2, 0) is 4.74 Å². The number of hydrogen-bond acceptors (Lipinski definition) is 5. The van der Waals surface area contributed by atoms with Crippen molar-refractivity contribution < 1.29 is 19.2 Å². The van der Waals surface area contributed by atoms with Gasteiger partial charge in [0, 0.05) is 24.7 Å². The zero-order valence-corrected chi connectivity index (χ0v) is 13.5. The molecule has 2 rings (SSSR count). The number of nitro benzene ring substituents is 1. The van der Waals surface area contributed by atoms with Crippen LogP contribution in [0.2, 0.25) is 0 Å². The summed E-state index contributed by atoms with van der Waals surface area (Å²) in [6.45, 7) is 2.42. The Morgan fingerprint density at radius 1 is 1.29 bits per heavy atom. The van der Waals surface area contributed by atoms with Crippen molar-refractivity contribution in [1.29, 1.82) is 0 Å². The quantitative estimate of drug-likeness (QED) is 0.487. The van der Waals surface area contributed by atoms with Crippen molar-refractivity contribution in [3.8, 4) is 0 Å². The van der Waals surface area contributed by atoms with Crippen LogP contribution in [0.1, 0.15) is 43.0 Å². The Morgan fingerprint density at radius 3 is 2.62 bits per heavy atom. The summed E-state index contributed by atoms with van der Waals surface area (Å²) in [4.78, 5) is 33.8. The number of nitrogens with zero attached hydrogens (tertiary/aromatic N) is 1.